The molecule has 1 saturated heterocycles. The fourth-order valence-electron chi connectivity index (χ4n) is 2.55. The van der Waals surface area contributed by atoms with Crippen LogP contribution in [0.2, 0.25) is 0 Å². The molecule has 1 fully saturated rings. The molecule has 0 aromatic carbocycles. The van der Waals surface area contributed by atoms with Crippen LogP contribution < -0.4 is 5.32 Å². The van der Waals surface area contributed by atoms with Gasteiger partial charge in [-0.25, -0.2) is 0 Å². The van der Waals surface area contributed by atoms with E-state index in [0.29, 0.717) is 0 Å². The van der Waals surface area contributed by atoms with Gasteiger partial charge in [0.25, 0.3) is 0 Å². The molecule has 2 heterocycles. The molecule has 18 heavy (non-hydrogen) atoms. The summed E-state index contributed by atoms with van der Waals surface area (Å²) >= 11 is 0. The Bertz CT molecular complexity index is 406. The average molecular weight is 252 g/mol. The van der Waals surface area contributed by atoms with Crippen LogP contribution in [0, 0.1) is 13.8 Å². The lowest BCUT2D eigenvalue weighted by molar-refractivity contribution is 0.0111. The number of hydrogen-bond donors (Lipinski definition) is 2. The van der Waals surface area contributed by atoms with Crippen molar-refractivity contribution in [3.05, 3.63) is 23.0 Å². The Kier molecular flexibility index (Phi) is 4.10. The smallest absolute Gasteiger partial charge is 0.0615 e. The van der Waals surface area contributed by atoms with Crippen molar-refractivity contribution in [3.63, 3.8) is 0 Å². The van der Waals surface area contributed by atoms with Gasteiger partial charge < -0.3 is 19.7 Å². The third kappa shape index (κ3) is 2.60. The molecule has 2 rings (SSSR count). The van der Waals surface area contributed by atoms with Crippen molar-refractivity contribution in [2.24, 2.45) is 7.05 Å². The number of aliphatic hydroxyl groups excluding tert-OH is 1. The standard InChI is InChI=1S/C14H24N2O2/c1-11-8-13(12(2)16(11)3)9-15-14(10-17)4-6-18-7-5-14/h8,15,17H,4-7,9-10H2,1-3H3. The molecule has 0 amide bonds. The third-order valence-corrected chi connectivity index (χ3v) is 4.29. The van der Waals surface area contributed by atoms with Gasteiger partial charge in [0.1, 0.15) is 0 Å². The Morgan fingerprint density at radius 1 is 1.39 bits per heavy atom. The Morgan fingerprint density at radius 3 is 2.56 bits per heavy atom. The molecule has 0 radical (unpaired) electrons. The first-order chi connectivity index (χ1) is 8.58. The Balaban J connectivity index is 2.03. The normalized spacial score (nSPS) is 19.1. The SMILES string of the molecule is Cc1cc(CNC2(CO)CCOCC2)c(C)n1C. The Labute approximate surface area is 109 Å². The van der Waals surface area contributed by atoms with Crippen LogP contribution >= 0.6 is 0 Å². The molecule has 1 aliphatic rings. The van der Waals surface area contributed by atoms with Crippen LogP contribution in [-0.2, 0) is 18.3 Å². The summed E-state index contributed by atoms with van der Waals surface area (Å²) < 4.78 is 7.57. The van der Waals surface area contributed by atoms with Crippen molar-refractivity contribution in [1.29, 1.82) is 0 Å². The minimum atomic E-state index is -0.158. The van der Waals surface area contributed by atoms with E-state index in [1.54, 1.807) is 0 Å². The summed E-state index contributed by atoms with van der Waals surface area (Å²) in [6.45, 7) is 6.72. The van der Waals surface area contributed by atoms with Crippen molar-refractivity contribution in [1.82, 2.24) is 9.88 Å². The first-order valence-corrected chi connectivity index (χ1v) is 6.63. The monoisotopic (exact) mass is 252 g/mol. The predicted molar refractivity (Wildman–Crippen MR) is 71.6 cm³/mol. The first kappa shape index (κ1) is 13.6. The van der Waals surface area contributed by atoms with Crippen LogP contribution in [0.5, 0.6) is 0 Å². The van der Waals surface area contributed by atoms with Gasteiger partial charge in [-0.15, -0.1) is 0 Å². The van der Waals surface area contributed by atoms with Crippen molar-refractivity contribution in [3.8, 4) is 0 Å². The molecule has 1 aromatic heterocycles. The molecule has 1 aliphatic heterocycles. The summed E-state index contributed by atoms with van der Waals surface area (Å²) in [7, 11) is 2.09. The summed E-state index contributed by atoms with van der Waals surface area (Å²) in [6.07, 6.45) is 1.77. The highest BCUT2D eigenvalue weighted by atomic mass is 16.5. The maximum atomic E-state index is 9.63. The van der Waals surface area contributed by atoms with Gasteiger partial charge >= 0.3 is 0 Å². The van der Waals surface area contributed by atoms with Crippen LogP contribution in [0.3, 0.4) is 0 Å². The lowest BCUT2D eigenvalue weighted by atomic mass is 9.90. The molecule has 0 atom stereocenters. The highest BCUT2D eigenvalue weighted by Crippen LogP contribution is 2.22. The summed E-state index contributed by atoms with van der Waals surface area (Å²) in [6, 6.07) is 2.22. The van der Waals surface area contributed by atoms with E-state index in [9.17, 15) is 5.11 Å². The molecule has 2 N–H and O–H groups in total. The highest BCUT2D eigenvalue weighted by Gasteiger charge is 2.31. The minimum Gasteiger partial charge on any atom is -0.394 e. The second-order valence-electron chi connectivity index (χ2n) is 5.36. The quantitative estimate of drug-likeness (QED) is 0.848. The van der Waals surface area contributed by atoms with Gasteiger partial charge in [-0.05, 0) is 38.3 Å². The summed E-state index contributed by atoms with van der Waals surface area (Å²) in [4.78, 5) is 0. The van der Waals surface area contributed by atoms with Gasteiger partial charge in [-0.3, -0.25) is 0 Å². The summed E-state index contributed by atoms with van der Waals surface area (Å²) in [5.41, 5.74) is 3.72. The Hall–Kier alpha value is -0.840. The zero-order valence-electron chi connectivity index (χ0n) is 11.6. The number of nitrogens with zero attached hydrogens (tertiary/aromatic N) is 1. The van der Waals surface area contributed by atoms with Crippen LogP contribution in [0.4, 0.5) is 0 Å². The molecule has 0 unspecified atom stereocenters. The van der Waals surface area contributed by atoms with Gasteiger partial charge in [0, 0.05) is 43.7 Å². The number of hydrogen-bond acceptors (Lipinski definition) is 3. The van der Waals surface area contributed by atoms with E-state index in [1.807, 2.05) is 0 Å². The fourth-order valence-corrected chi connectivity index (χ4v) is 2.55. The minimum absolute atomic E-state index is 0.158. The number of aliphatic hydroxyl groups is 1. The van der Waals surface area contributed by atoms with E-state index in [0.717, 1.165) is 32.6 Å². The fraction of sp³-hybridized carbons (Fsp3) is 0.714. The van der Waals surface area contributed by atoms with Crippen LogP contribution in [0.1, 0.15) is 29.8 Å². The topological polar surface area (TPSA) is 46.4 Å². The van der Waals surface area contributed by atoms with Gasteiger partial charge in [-0.2, -0.15) is 0 Å². The van der Waals surface area contributed by atoms with E-state index in [4.69, 9.17) is 4.74 Å². The molecule has 0 saturated carbocycles. The molecular formula is C14H24N2O2. The zero-order chi connectivity index (χ0) is 13.2. The number of rotatable bonds is 4. The molecule has 1 aromatic rings. The molecule has 0 bridgehead atoms. The third-order valence-electron chi connectivity index (χ3n) is 4.29. The van der Waals surface area contributed by atoms with Crippen LogP contribution in [-0.4, -0.2) is 35.0 Å². The largest absolute Gasteiger partial charge is 0.394 e. The Morgan fingerprint density at radius 2 is 2.06 bits per heavy atom. The van der Waals surface area contributed by atoms with Crippen LogP contribution in [0.25, 0.3) is 0 Å². The maximum absolute atomic E-state index is 9.63. The number of nitrogens with one attached hydrogen (secondary N) is 1. The van der Waals surface area contributed by atoms with E-state index in [1.165, 1.54) is 17.0 Å². The number of aryl methyl sites for hydroxylation is 1. The van der Waals surface area contributed by atoms with E-state index >= 15 is 0 Å². The van der Waals surface area contributed by atoms with E-state index < -0.39 is 0 Å². The van der Waals surface area contributed by atoms with Crippen molar-refractivity contribution in [2.75, 3.05) is 19.8 Å². The molecule has 0 spiro atoms. The molecule has 4 nitrogen and oxygen atoms in total. The summed E-state index contributed by atoms with van der Waals surface area (Å²) in [5.74, 6) is 0. The second kappa shape index (κ2) is 5.43. The second-order valence-corrected chi connectivity index (χ2v) is 5.36. The predicted octanol–water partition coefficient (Wildman–Crippen LogP) is 1.27. The van der Waals surface area contributed by atoms with Gasteiger partial charge in [0.05, 0.1) is 6.61 Å². The highest BCUT2D eigenvalue weighted by molar-refractivity contribution is 5.26. The van der Waals surface area contributed by atoms with Crippen molar-refractivity contribution < 1.29 is 9.84 Å². The number of ether oxygens (including phenoxy) is 1. The summed E-state index contributed by atoms with van der Waals surface area (Å²) in [5, 5.41) is 13.2. The molecular weight excluding hydrogens is 228 g/mol. The van der Waals surface area contributed by atoms with Gasteiger partial charge in [-0.1, -0.05) is 0 Å². The van der Waals surface area contributed by atoms with Crippen molar-refractivity contribution in [2.45, 2.75) is 38.8 Å². The zero-order valence-corrected chi connectivity index (χ0v) is 11.6. The van der Waals surface area contributed by atoms with Gasteiger partial charge in [0.2, 0.25) is 0 Å². The maximum Gasteiger partial charge on any atom is 0.0615 e. The molecule has 4 heteroatoms. The van der Waals surface area contributed by atoms with Gasteiger partial charge in [0.15, 0.2) is 0 Å². The van der Waals surface area contributed by atoms with E-state index in [-0.39, 0.29) is 12.1 Å². The average Bonchev–Trinajstić information content (AvgIpc) is 2.65. The lowest BCUT2D eigenvalue weighted by Gasteiger charge is -2.36. The van der Waals surface area contributed by atoms with E-state index in [2.05, 4.69) is 36.8 Å². The van der Waals surface area contributed by atoms with Crippen LogP contribution in [0.15, 0.2) is 6.07 Å². The lowest BCUT2D eigenvalue weighted by Crippen LogP contribution is -2.51. The molecule has 0 aliphatic carbocycles. The first-order valence-electron chi connectivity index (χ1n) is 6.63. The molecule has 102 valence electrons. The number of aromatic nitrogens is 1. The van der Waals surface area contributed by atoms with Crippen molar-refractivity contribution >= 4 is 0 Å².